The van der Waals surface area contributed by atoms with Gasteiger partial charge in [-0.15, -0.1) is 0 Å². The van der Waals surface area contributed by atoms with E-state index < -0.39 is 12.2 Å². The Bertz CT molecular complexity index is 1180. The maximum atomic E-state index is 13.4. The predicted octanol–water partition coefficient (Wildman–Crippen LogP) is 1.77. The highest BCUT2D eigenvalue weighted by molar-refractivity contribution is 9.10. The molecule has 38 heavy (non-hydrogen) atoms. The summed E-state index contributed by atoms with van der Waals surface area (Å²) in [5, 5.41) is 5.11. The Morgan fingerprint density at radius 2 is 1.58 bits per heavy atom. The average Bonchev–Trinajstić information content (AvgIpc) is 2.90. The van der Waals surface area contributed by atoms with E-state index in [-0.39, 0.29) is 44.6 Å². The third-order valence-corrected chi connectivity index (χ3v) is 5.54. The van der Waals surface area contributed by atoms with Gasteiger partial charge >= 0.3 is 12.2 Å². The quantitative estimate of drug-likeness (QED) is 0.256. The van der Waals surface area contributed by atoms with E-state index in [9.17, 15) is 14.4 Å². The van der Waals surface area contributed by atoms with Gasteiger partial charge in [0.2, 0.25) is 0 Å². The fraction of sp³-hybridized carbons (Fsp3) is 0.259. The van der Waals surface area contributed by atoms with Crippen LogP contribution in [0.5, 0.6) is 0 Å². The molecule has 0 bridgehead atoms. The van der Waals surface area contributed by atoms with E-state index in [1.54, 1.807) is 35.2 Å². The van der Waals surface area contributed by atoms with E-state index in [1.807, 2.05) is 53.4 Å². The van der Waals surface area contributed by atoms with Crippen molar-refractivity contribution < 1.29 is 40.8 Å². The van der Waals surface area contributed by atoms with Crippen molar-refractivity contribution in [3.63, 3.8) is 0 Å². The lowest BCUT2D eigenvalue weighted by Crippen LogP contribution is -3.00. The van der Waals surface area contributed by atoms with Gasteiger partial charge < -0.3 is 32.1 Å². The van der Waals surface area contributed by atoms with E-state index in [2.05, 4.69) is 33.5 Å². The van der Waals surface area contributed by atoms with Gasteiger partial charge in [0.1, 0.15) is 25.3 Å². The first-order chi connectivity index (χ1) is 18.0. The summed E-state index contributed by atoms with van der Waals surface area (Å²) in [6.07, 6.45) is 3.38. The number of ether oxygens (including phenoxy) is 2. The van der Waals surface area contributed by atoms with Crippen LogP contribution in [0, 0.1) is 0 Å². The topological polar surface area (TPSA) is 101 Å². The molecule has 9 nitrogen and oxygen atoms in total. The zero-order chi connectivity index (χ0) is 26.5. The van der Waals surface area contributed by atoms with Crippen molar-refractivity contribution in [3.05, 3.63) is 89.2 Å². The third-order valence-electron chi connectivity index (χ3n) is 5.10. The highest BCUT2D eigenvalue weighted by Gasteiger charge is 2.21. The lowest BCUT2D eigenvalue weighted by atomic mass is 10.2. The van der Waals surface area contributed by atoms with E-state index in [0.717, 1.165) is 17.4 Å². The molecule has 1 heterocycles. The summed E-state index contributed by atoms with van der Waals surface area (Å²) in [5.74, 6) is -0.209. The molecule has 3 amide bonds. The van der Waals surface area contributed by atoms with Gasteiger partial charge in [0.05, 0.1) is 17.6 Å². The molecule has 2 aromatic carbocycles. The molecule has 202 valence electrons. The number of aryl methyl sites for hydroxylation is 1. The number of pyridine rings is 1. The van der Waals surface area contributed by atoms with Gasteiger partial charge in [-0.25, -0.2) is 14.2 Å². The van der Waals surface area contributed by atoms with Crippen molar-refractivity contribution in [1.29, 1.82) is 0 Å². The summed E-state index contributed by atoms with van der Waals surface area (Å²) in [6, 6.07) is 19.9. The second kappa shape index (κ2) is 16.3. The molecule has 3 aromatic rings. The number of aromatic nitrogens is 1. The lowest BCUT2D eigenvalue weighted by Gasteiger charge is -2.22. The summed E-state index contributed by atoms with van der Waals surface area (Å²) in [5.41, 5.74) is 1.82. The van der Waals surface area contributed by atoms with Crippen LogP contribution in [-0.4, -0.2) is 44.4 Å². The number of nitrogens with one attached hydrogen (secondary N) is 2. The lowest BCUT2D eigenvalue weighted by molar-refractivity contribution is -0.697. The van der Waals surface area contributed by atoms with Crippen LogP contribution in [0.3, 0.4) is 0 Å². The molecule has 0 spiro atoms. The minimum atomic E-state index is -0.671. The highest BCUT2D eigenvalue weighted by atomic mass is 79.9. The Morgan fingerprint density at radius 1 is 0.921 bits per heavy atom. The first-order valence-corrected chi connectivity index (χ1v) is 12.7. The number of carbonyl (C=O) groups is 3. The van der Waals surface area contributed by atoms with Crippen molar-refractivity contribution >= 4 is 45.4 Å². The number of hydrogen-bond acceptors (Lipinski definition) is 5. The molecule has 0 aliphatic heterocycles. The zero-order valence-corrected chi connectivity index (χ0v) is 23.3. The molecule has 2 N–H and O–H groups in total. The van der Waals surface area contributed by atoms with Crippen molar-refractivity contribution in [2.75, 3.05) is 36.5 Å². The highest BCUT2D eigenvalue weighted by Crippen LogP contribution is 2.18. The third kappa shape index (κ3) is 10.0. The average molecular weight is 606 g/mol. The van der Waals surface area contributed by atoms with Crippen LogP contribution in [0.1, 0.15) is 23.7 Å². The number of alkyl carbamates (subject to hydrolysis) is 1. The maximum Gasteiger partial charge on any atom is 0.411 e. The summed E-state index contributed by atoms with van der Waals surface area (Å²) >= 11 is 3.48. The Morgan fingerprint density at radius 3 is 2.26 bits per heavy atom. The summed E-state index contributed by atoms with van der Waals surface area (Å²) in [6.45, 7) is 3.05. The molecule has 0 radical (unpaired) electrons. The number of benzene rings is 2. The van der Waals surface area contributed by atoms with Gasteiger partial charge in [0.15, 0.2) is 12.4 Å². The van der Waals surface area contributed by atoms with Gasteiger partial charge in [0, 0.05) is 17.8 Å². The van der Waals surface area contributed by atoms with Crippen LogP contribution in [-0.2, 0) is 16.0 Å². The van der Waals surface area contributed by atoms with E-state index in [1.165, 1.54) is 0 Å². The van der Waals surface area contributed by atoms with Gasteiger partial charge in [-0.3, -0.25) is 10.1 Å². The summed E-state index contributed by atoms with van der Waals surface area (Å²) in [4.78, 5) is 38.9. The number of rotatable bonds is 11. The number of halogens is 2. The van der Waals surface area contributed by atoms with Gasteiger partial charge in [-0.1, -0.05) is 43.3 Å². The normalized spacial score (nSPS) is 10.1. The second-order valence-electron chi connectivity index (χ2n) is 7.96. The Kier molecular flexibility index (Phi) is 13.1. The first-order valence-electron chi connectivity index (χ1n) is 11.9. The van der Waals surface area contributed by atoms with Gasteiger partial charge in [0.25, 0.3) is 5.91 Å². The number of nitrogens with zero attached hydrogens (tertiary/aromatic N) is 2. The predicted molar refractivity (Wildman–Crippen MR) is 144 cm³/mol. The summed E-state index contributed by atoms with van der Waals surface area (Å²) in [7, 11) is 0. The number of anilines is 2. The molecular formula is C27H30BrClN4O5. The first kappa shape index (κ1) is 30.6. The SMILES string of the molecule is CCC[n+]1cc(Br)cc(C(=O)N(CCOC(=O)NCCOC(=O)Nc2ccccc2)c2ccccc2)c1.[Cl-]. The number of amides is 3. The molecule has 0 saturated heterocycles. The largest absolute Gasteiger partial charge is 1.00 e. The number of carbonyl (C=O) groups excluding carboxylic acids is 3. The maximum absolute atomic E-state index is 13.4. The van der Waals surface area contributed by atoms with Crippen molar-refractivity contribution in [1.82, 2.24) is 5.32 Å². The Balaban J connectivity index is 0.00000507. The molecular weight excluding hydrogens is 576 g/mol. The second-order valence-corrected chi connectivity index (χ2v) is 8.88. The monoisotopic (exact) mass is 604 g/mol. The Labute approximate surface area is 236 Å². The fourth-order valence-corrected chi connectivity index (χ4v) is 3.98. The van der Waals surface area contributed by atoms with E-state index >= 15 is 0 Å². The molecule has 0 aliphatic carbocycles. The smallest absolute Gasteiger partial charge is 0.411 e. The molecule has 1 aromatic heterocycles. The van der Waals surface area contributed by atoms with Crippen LogP contribution in [0.25, 0.3) is 0 Å². The number of para-hydroxylation sites is 2. The molecule has 3 rings (SSSR count). The molecule has 0 saturated carbocycles. The van der Waals surface area contributed by atoms with Crippen LogP contribution >= 0.6 is 15.9 Å². The van der Waals surface area contributed by atoms with Crippen LogP contribution < -0.4 is 32.5 Å². The van der Waals surface area contributed by atoms with Crippen molar-refractivity contribution in [2.24, 2.45) is 0 Å². The number of hydrogen-bond donors (Lipinski definition) is 2. The molecule has 0 fully saturated rings. The molecule has 0 aliphatic rings. The minimum absolute atomic E-state index is 0. The zero-order valence-electron chi connectivity index (χ0n) is 20.9. The molecule has 0 atom stereocenters. The van der Waals surface area contributed by atoms with Crippen molar-refractivity contribution in [2.45, 2.75) is 19.9 Å². The van der Waals surface area contributed by atoms with E-state index in [0.29, 0.717) is 16.9 Å². The Hall–Kier alpha value is -3.63. The van der Waals surface area contributed by atoms with Crippen molar-refractivity contribution in [3.8, 4) is 0 Å². The van der Waals surface area contributed by atoms with Gasteiger partial charge in [-0.2, -0.15) is 0 Å². The van der Waals surface area contributed by atoms with Crippen LogP contribution in [0.4, 0.5) is 21.0 Å². The molecule has 11 heteroatoms. The summed E-state index contributed by atoms with van der Waals surface area (Å²) < 4.78 is 13.1. The van der Waals surface area contributed by atoms with E-state index in [4.69, 9.17) is 9.47 Å². The van der Waals surface area contributed by atoms with Gasteiger partial charge in [-0.05, 0) is 46.3 Å². The minimum Gasteiger partial charge on any atom is -1.00 e. The van der Waals surface area contributed by atoms with Crippen LogP contribution in [0.15, 0.2) is 83.6 Å². The van der Waals surface area contributed by atoms with Crippen LogP contribution in [0.2, 0.25) is 0 Å². The standard InChI is InChI=1S/C27H29BrN4O5.ClH/c1-2-14-31-19-21(18-22(28)20-31)25(33)32(24-11-7-4-8-12-24)15-17-37-26(34)29-13-16-36-27(35)30-23-9-5-3-6-10-23;/h3-12,18-20H,2,13-17H2,1H3,(H-,29,30,34,35);1H. The molecule has 0 unspecified atom stereocenters. The fourth-order valence-electron chi connectivity index (χ4n) is 3.47.